The summed E-state index contributed by atoms with van der Waals surface area (Å²) in [5, 5.41) is 10.4. The van der Waals surface area contributed by atoms with Gasteiger partial charge in [0.1, 0.15) is 5.75 Å². The van der Waals surface area contributed by atoms with Gasteiger partial charge < -0.3 is 10.1 Å². The summed E-state index contributed by atoms with van der Waals surface area (Å²) in [7, 11) is 0. The average Bonchev–Trinajstić information content (AvgIpc) is 3.13. The van der Waals surface area contributed by atoms with Crippen molar-refractivity contribution in [1.82, 2.24) is 15.2 Å². The molecule has 27 heavy (non-hydrogen) atoms. The van der Waals surface area contributed by atoms with Crippen LogP contribution in [0.3, 0.4) is 0 Å². The van der Waals surface area contributed by atoms with Gasteiger partial charge in [0.25, 0.3) is 0 Å². The molecule has 3 rings (SSSR count). The maximum Gasteiger partial charge on any atom is 0.234 e. The Hall–Kier alpha value is -1.84. The van der Waals surface area contributed by atoms with Crippen molar-refractivity contribution < 1.29 is 9.53 Å². The van der Waals surface area contributed by atoms with Crippen LogP contribution in [-0.2, 0) is 4.79 Å². The minimum Gasteiger partial charge on any atom is -0.493 e. The number of anilines is 1. The van der Waals surface area contributed by atoms with Crippen molar-refractivity contribution in [1.29, 1.82) is 0 Å². The van der Waals surface area contributed by atoms with E-state index in [1.165, 1.54) is 11.8 Å². The number of ether oxygens (including phenoxy) is 1. The van der Waals surface area contributed by atoms with Gasteiger partial charge >= 0.3 is 0 Å². The molecule has 0 fully saturated rings. The summed E-state index contributed by atoms with van der Waals surface area (Å²) < 4.78 is 7.32. The van der Waals surface area contributed by atoms with Gasteiger partial charge in [-0.1, -0.05) is 39.8 Å². The summed E-state index contributed by atoms with van der Waals surface area (Å²) in [6.45, 7) is 2.50. The van der Waals surface area contributed by atoms with Crippen molar-refractivity contribution in [3.05, 3.63) is 51.4 Å². The predicted octanol–water partition coefficient (Wildman–Crippen LogP) is 5.13. The zero-order chi connectivity index (χ0) is 19.2. The molecule has 0 saturated heterocycles. The molecule has 1 amide bonds. The molecule has 0 bridgehead atoms. The van der Waals surface area contributed by atoms with Crippen molar-refractivity contribution in [2.75, 3.05) is 17.7 Å². The lowest BCUT2D eigenvalue weighted by molar-refractivity contribution is -0.113. The second-order valence-electron chi connectivity index (χ2n) is 5.36. The van der Waals surface area contributed by atoms with Crippen LogP contribution in [0.2, 0.25) is 0 Å². The van der Waals surface area contributed by atoms with E-state index < -0.39 is 0 Å². The number of carbonyl (C=O) groups excluding carboxylic acids is 1. The van der Waals surface area contributed by atoms with E-state index in [-0.39, 0.29) is 11.7 Å². The van der Waals surface area contributed by atoms with Crippen LogP contribution in [0.15, 0.2) is 56.6 Å². The first-order valence-corrected chi connectivity index (χ1v) is 10.7. The molecular weight excluding hydrogens is 496 g/mol. The number of H-pyrrole nitrogens is 1. The molecule has 0 aliphatic carbocycles. The van der Waals surface area contributed by atoms with Crippen molar-refractivity contribution in [2.24, 2.45) is 0 Å². The average molecular weight is 512 g/mol. The van der Waals surface area contributed by atoms with Crippen LogP contribution < -0.4 is 10.1 Å². The van der Waals surface area contributed by atoms with Crippen molar-refractivity contribution in [3.63, 3.8) is 0 Å². The van der Waals surface area contributed by atoms with Gasteiger partial charge in [-0.2, -0.15) is 0 Å². The Morgan fingerprint density at radius 1 is 1.26 bits per heavy atom. The predicted molar refractivity (Wildman–Crippen MR) is 114 cm³/mol. The van der Waals surface area contributed by atoms with Gasteiger partial charge in [-0.15, -0.1) is 5.10 Å². The molecule has 1 heterocycles. The monoisotopic (exact) mass is 510 g/mol. The third kappa shape index (κ3) is 5.33. The van der Waals surface area contributed by atoms with Gasteiger partial charge in [0, 0.05) is 8.95 Å². The first-order chi connectivity index (χ1) is 13.1. The Kier molecular flexibility index (Phi) is 6.92. The normalized spacial score (nSPS) is 10.6. The standard InChI is InChI=1S/C18H16Br2N4O2S/c1-2-26-15-6-4-3-5-12(15)17-22-18(24-23-17)27-10-16(25)21-14-9-11(19)7-8-13(14)20/h3-9H,2,10H2,1H3,(H,21,25)(H,22,23,24). The van der Waals surface area contributed by atoms with Crippen LogP contribution in [0, 0.1) is 0 Å². The Labute approximate surface area is 177 Å². The highest BCUT2D eigenvalue weighted by Crippen LogP contribution is 2.29. The Morgan fingerprint density at radius 3 is 2.89 bits per heavy atom. The van der Waals surface area contributed by atoms with Crippen LogP contribution in [0.25, 0.3) is 11.4 Å². The van der Waals surface area contributed by atoms with Gasteiger partial charge in [0.2, 0.25) is 11.1 Å². The van der Waals surface area contributed by atoms with E-state index in [2.05, 4.69) is 52.4 Å². The fourth-order valence-electron chi connectivity index (χ4n) is 2.28. The lowest BCUT2D eigenvalue weighted by atomic mass is 10.2. The SMILES string of the molecule is CCOc1ccccc1-c1nc(SCC(=O)Nc2cc(Br)ccc2Br)n[nH]1. The van der Waals surface area contributed by atoms with E-state index in [9.17, 15) is 4.79 Å². The third-order valence-corrected chi connectivity index (χ3v) is 5.47. The topological polar surface area (TPSA) is 79.9 Å². The van der Waals surface area contributed by atoms with E-state index in [1.54, 1.807) is 0 Å². The molecule has 0 spiro atoms. The Balaban J connectivity index is 1.63. The number of aromatic amines is 1. The number of halogens is 2. The summed E-state index contributed by atoms with van der Waals surface area (Å²) in [5.41, 5.74) is 1.54. The summed E-state index contributed by atoms with van der Waals surface area (Å²) in [4.78, 5) is 16.7. The van der Waals surface area contributed by atoms with Crippen molar-refractivity contribution in [2.45, 2.75) is 12.1 Å². The Bertz CT molecular complexity index is 949. The number of aromatic nitrogens is 3. The van der Waals surface area contributed by atoms with E-state index in [0.29, 0.717) is 23.3 Å². The Morgan fingerprint density at radius 2 is 2.07 bits per heavy atom. The maximum atomic E-state index is 12.2. The highest BCUT2D eigenvalue weighted by atomic mass is 79.9. The van der Waals surface area contributed by atoms with Crippen LogP contribution in [0.5, 0.6) is 5.75 Å². The summed E-state index contributed by atoms with van der Waals surface area (Å²) >= 11 is 8.07. The third-order valence-electron chi connectivity index (χ3n) is 3.44. The second kappa shape index (κ2) is 9.38. The number of benzene rings is 2. The first-order valence-electron chi connectivity index (χ1n) is 8.09. The van der Waals surface area contributed by atoms with Gasteiger partial charge in [-0.25, -0.2) is 4.98 Å². The summed E-state index contributed by atoms with van der Waals surface area (Å²) in [6, 6.07) is 13.2. The molecule has 0 radical (unpaired) electrons. The highest BCUT2D eigenvalue weighted by Gasteiger charge is 2.13. The molecule has 0 atom stereocenters. The molecular formula is C18H16Br2N4O2S. The number of amides is 1. The fourth-order valence-corrected chi connectivity index (χ4v) is 3.59. The maximum absolute atomic E-state index is 12.2. The molecule has 2 aromatic carbocycles. The molecule has 2 N–H and O–H groups in total. The smallest absolute Gasteiger partial charge is 0.234 e. The van der Waals surface area contributed by atoms with E-state index in [0.717, 1.165) is 20.3 Å². The number of rotatable bonds is 7. The summed E-state index contributed by atoms with van der Waals surface area (Å²) in [6.07, 6.45) is 0. The number of hydrogen-bond acceptors (Lipinski definition) is 5. The largest absolute Gasteiger partial charge is 0.493 e. The van der Waals surface area contributed by atoms with Crippen LogP contribution in [0.1, 0.15) is 6.92 Å². The van der Waals surface area contributed by atoms with Gasteiger partial charge in [-0.05, 0) is 53.2 Å². The highest BCUT2D eigenvalue weighted by molar-refractivity contribution is 9.11. The molecule has 1 aromatic heterocycles. The molecule has 6 nitrogen and oxygen atoms in total. The van der Waals surface area contributed by atoms with Gasteiger partial charge in [0.15, 0.2) is 5.82 Å². The quantitative estimate of drug-likeness (QED) is 0.430. The van der Waals surface area contributed by atoms with Gasteiger partial charge in [-0.3, -0.25) is 9.89 Å². The first kappa shape index (κ1) is 19.9. The molecule has 0 saturated carbocycles. The lowest BCUT2D eigenvalue weighted by Crippen LogP contribution is -2.14. The van der Waals surface area contributed by atoms with Crippen LogP contribution in [0.4, 0.5) is 5.69 Å². The minimum atomic E-state index is -0.139. The van der Waals surface area contributed by atoms with Crippen molar-refractivity contribution in [3.8, 4) is 17.1 Å². The number of thioether (sulfide) groups is 1. The molecule has 0 unspecified atom stereocenters. The number of nitrogens with one attached hydrogen (secondary N) is 2. The molecule has 140 valence electrons. The molecule has 0 aliphatic rings. The van der Waals surface area contributed by atoms with E-state index >= 15 is 0 Å². The zero-order valence-electron chi connectivity index (χ0n) is 14.3. The summed E-state index contributed by atoms with van der Waals surface area (Å²) in [5.74, 6) is 1.41. The lowest BCUT2D eigenvalue weighted by Gasteiger charge is -2.07. The number of nitrogens with zero attached hydrogens (tertiary/aromatic N) is 2. The second-order valence-corrected chi connectivity index (χ2v) is 8.07. The number of hydrogen-bond donors (Lipinski definition) is 2. The zero-order valence-corrected chi connectivity index (χ0v) is 18.3. The van der Waals surface area contributed by atoms with E-state index in [1.807, 2.05) is 49.4 Å². The molecule has 9 heteroatoms. The van der Waals surface area contributed by atoms with Crippen LogP contribution in [-0.4, -0.2) is 33.4 Å². The minimum absolute atomic E-state index is 0.139. The van der Waals surface area contributed by atoms with E-state index in [4.69, 9.17) is 4.74 Å². The number of para-hydroxylation sites is 1. The molecule has 3 aromatic rings. The molecule has 0 aliphatic heterocycles. The van der Waals surface area contributed by atoms with Crippen molar-refractivity contribution >= 4 is 55.2 Å². The number of carbonyl (C=O) groups is 1. The van der Waals surface area contributed by atoms with Crippen LogP contribution >= 0.6 is 43.6 Å². The fraction of sp³-hybridized carbons (Fsp3) is 0.167. The van der Waals surface area contributed by atoms with Gasteiger partial charge in [0.05, 0.1) is 23.6 Å².